The molecule has 1 amide bonds. The van der Waals surface area contributed by atoms with Gasteiger partial charge in [0.2, 0.25) is 15.9 Å². The van der Waals surface area contributed by atoms with E-state index in [-0.39, 0.29) is 12.5 Å². The second kappa shape index (κ2) is 12.7. The van der Waals surface area contributed by atoms with E-state index >= 15 is 0 Å². The first-order chi connectivity index (χ1) is 17.9. The molecule has 196 valence electrons. The summed E-state index contributed by atoms with van der Waals surface area (Å²) in [5, 5.41) is 2.85. The molecule has 1 N–H and O–H groups in total. The van der Waals surface area contributed by atoms with Crippen molar-refractivity contribution in [2.75, 3.05) is 43.4 Å². The maximum absolute atomic E-state index is 12.7. The summed E-state index contributed by atoms with van der Waals surface area (Å²) in [6.45, 7) is 4.55. The van der Waals surface area contributed by atoms with Crippen LogP contribution in [0.5, 0.6) is 5.75 Å². The molecular weight excluding hydrogens is 490 g/mol. The molecule has 0 saturated carbocycles. The van der Waals surface area contributed by atoms with Crippen LogP contribution in [0.25, 0.3) is 0 Å². The monoisotopic (exact) mass is 523 g/mol. The van der Waals surface area contributed by atoms with E-state index in [1.165, 1.54) is 5.56 Å². The van der Waals surface area contributed by atoms with Gasteiger partial charge >= 0.3 is 0 Å². The van der Waals surface area contributed by atoms with Gasteiger partial charge < -0.3 is 14.8 Å². The molecule has 3 aromatic carbocycles. The van der Waals surface area contributed by atoms with Crippen molar-refractivity contribution in [2.24, 2.45) is 0 Å². The van der Waals surface area contributed by atoms with Crippen LogP contribution in [0.15, 0.2) is 78.9 Å². The van der Waals surface area contributed by atoms with Crippen LogP contribution in [0.3, 0.4) is 0 Å². The lowest BCUT2D eigenvalue weighted by molar-refractivity contribution is -0.119. The fourth-order valence-corrected chi connectivity index (χ4v) is 4.95. The fourth-order valence-electron chi connectivity index (χ4n) is 4.09. The highest BCUT2D eigenvalue weighted by atomic mass is 32.2. The predicted molar refractivity (Wildman–Crippen MR) is 144 cm³/mol. The maximum Gasteiger partial charge on any atom is 0.241 e. The number of nitrogens with one attached hydrogen (secondary N) is 1. The van der Waals surface area contributed by atoms with E-state index in [9.17, 15) is 13.2 Å². The quantitative estimate of drug-likeness (QED) is 0.415. The standard InChI is InChI=1S/C28H33N3O5S/c1-37(33,34)31(26-10-12-27(13-11-26)36-22-23-6-3-2-4-7-23)21-28(32)29-19-24-8-5-9-25(18-24)20-30-14-16-35-17-15-30/h2-13,18H,14-17,19-22H2,1H3,(H,29,32). The normalized spacial score (nSPS) is 14.2. The van der Waals surface area contributed by atoms with E-state index in [4.69, 9.17) is 9.47 Å². The summed E-state index contributed by atoms with van der Waals surface area (Å²) >= 11 is 0. The maximum atomic E-state index is 12.7. The van der Waals surface area contributed by atoms with Crippen LogP contribution >= 0.6 is 0 Å². The van der Waals surface area contributed by atoms with E-state index in [2.05, 4.69) is 22.3 Å². The highest BCUT2D eigenvalue weighted by Gasteiger charge is 2.21. The lowest BCUT2D eigenvalue weighted by atomic mass is 10.1. The number of carbonyl (C=O) groups is 1. The topological polar surface area (TPSA) is 88.2 Å². The molecular formula is C28H33N3O5S. The Hall–Kier alpha value is -3.40. The number of morpholine rings is 1. The Morgan fingerprint density at radius 1 is 0.946 bits per heavy atom. The third kappa shape index (κ3) is 8.31. The molecule has 3 aromatic rings. The van der Waals surface area contributed by atoms with E-state index in [1.54, 1.807) is 24.3 Å². The highest BCUT2D eigenvalue weighted by Crippen LogP contribution is 2.22. The van der Waals surface area contributed by atoms with Gasteiger partial charge in [-0.1, -0.05) is 54.6 Å². The Kier molecular flexibility index (Phi) is 9.16. The van der Waals surface area contributed by atoms with Gasteiger partial charge in [-0.2, -0.15) is 0 Å². The number of ether oxygens (including phenoxy) is 2. The van der Waals surface area contributed by atoms with Gasteiger partial charge in [0, 0.05) is 26.2 Å². The summed E-state index contributed by atoms with van der Waals surface area (Å²) < 4.78 is 37.2. The minimum atomic E-state index is -3.67. The second-order valence-corrected chi connectivity index (χ2v) is 10.9. The average Bonchev–Trinajstić information content (AvgIpc) is 2.90. The SMILES string of the molecule is CS(=O)(=O)N(CC(=O)NCc1cccc(CN2CCOCC2)c1)c1ccc(OCc2ccccc2)cc1. The second-order valence-electron chi connectivity index (χ2n) is 9.02. The molecule has 1 saturated heterocycles. The molecule has 1 heterocycles. The zero-order chi connectivity index (χ0) is 26.1. The van der Waals surface area contributed by atoms with Gasteiger partial charge in [-0.3, -0.25) is 14.0 Å². The lowest BCUT2D eigenvalue weighted by Gasteiger charge is -2.26. The Balaban J connectivity index is 1.32. The zero-order valence-corrected chi connectivity index (χ0v) is 21.8. The van der Waals surface area contributed by atoms with Crippen molar-refractivity contribution in [3.63, 3.8) is 0 Å². The van der Waals surface area contributed by atoms with Crippen LogP contribution in [-0.2, 0) is 39.3 Å². The van der Waals surface area contributed by atoms with Crippen molar-refractivity contribution >= 4 is 21.6 Å². The summed E-state index contributed by atoms with van der Waals surface area (Å²) in [5.74, 6) is 0.232. The van der Waals surface area contributed by atoms with Crippen LogP contribution in [0.2, 0.25) is 0 Å². The van der Waals surface area contributed by atoms with Gasteiger partial charge in [0.25, 0.3) is 0 Å². The molecule has 0 spiro atoms. The van der Waals surface area contributed by atoms with Gasteiger partial charge in [-0.05, 0) is 41.0 Å². The van der Waals surface area contributed by atoms with Crippen LogP contribution in [0, 0.1) is 0 Å². The summed E-state index contributed by atoms with van der Waals surface area (Å²) in [7, 11) is -3.67. The molecule has 0 atom stereocenters. The van der Waals surface area contributed by atoms with E-state index < -0.39 is 10.0 Å². The number of nitrogens with zero attached hydrogens (tertiary/aromatic N) is 2. The summed E-state index contributed by atoms with van der Waals surface area (Å²) in [4.78, 5) is 15.0. The largest absolute Gasteiger partial charge is 0.489 e. The van der Waals surface area contributed by atoms with Crippen molar-refractivity contribution < 1.29 is 22.7 Å². The average molecular weight is 524 g/mol. The van der Waals surface area contributed by atoms with Crippen LogP contribution in [0.4, 0.5) is 5.69 Å². The first-order valence-corrected chi connectivity index (χ1v) is 14.1. The van der Waals surface area contributed by atoms with Crippen LogP contribution in [-0.4, -0.2) is 58.3 Å². The third-order valence-corrected chi connectivity index (χ3v) is 7.19. The molecule has 0 bridgehead atoms. The highest BCUT2D eigenvalue weighted by molar-refractivity contribution is 7.92. The van der Waals surface area contributed by atoms with Gasteiger partial charge in [-0.15, -0.1) is 0 Å². The van der Waals surface area contributed by atoms with E-state index in [0.717, 1.165) is 54.5 Å². The Bertz CT molecular complexity index is 1260. The van der Waals surface area contributed by atoms with Crippen LogP contribution in [0.1, 0.15) is 16.7 Å². The number of anilines is 1. The lowest BCUT2D eigenvalue weighted by Crippen LogP contribution is -2.40. The Morgan fingerprint density at radius 2 is 1.62 bits per heavy atom. The zero-order valence-electron chi connectivity index (χ0n) is 21.0. The molecule has 1 aliphatic heterocycles. The first kappa shape index (κ1) is 26.7. The molecule has 4 rings (SSSR count). The molecule has 37 heavy (non-hydrogen) atoms. The van der Waals surface area contributed by atoms with Crippen LogP contribution < -0.4 is 14.4 Å². The molecule has 0 unspecified atom stereocenters. The van der Waals surface area contributed by atoms with Crippen molar-refractivity contribution in [1.29, 1.82) is 0 Å². The van der Waals surface area contributed by atoms with Gasteiger partial charge in [-0.25, -0.2) is 8.42 Å². The smallest absolute Gasteiger partial charge is 0.241 e. The number of hydrogen-bond acceptors (Lipinski definition) is 6. The Labute approximate surface area is 218 Å². The number of sulfonamides is 1. The van der Waals surface area contributed by atoms with Crippen molar-refractivity contribution in [2.45, 2.75) is 19.7 Å². The molecule has 0 radical (unpaired) electrons. The molecule has 0 aliphatic carbocycles. The predicted octanol–water partition coefficient (Wildman–Crippen LogP) is 3.18. The number of rotatable bonds is 11. The summed E-state index contributed by atoms with van der Waals surface area (Å²) in [6.07, 6.45) is 1.09. The van der Waals surface area contributed by atoms with Gasteiger partial charge in [0.1, 0.15) is 18.9 Å². The van der Waals surface area contributed by atoms with Gasteiger partial charge in [0.15, 0.2) is 0 Å². The molecule has 9 heteroatoms. The van der Waals surface area contributed by atoms with Gasteiger partial charge in [0.05, 0.1) is 25.2 Å². The summed E-state index contributed by atoms with van der Waals surface area (Å²) in [5.41, 5.74) is 3.57. The minimum absolute atomic E-state index is 0.309. The Morgan fingerprint density at radius 3 is 2.32 bits per heavy atom. The third-order valence-electron chi connectivity index (χ3n) is 6.05. The first-order valence-electron chi connectivity index (χ1n) is 12.3. The van der Waals surface area contributed by atoms with E-state index in [1.807, 2.05) is 42.5 Å². The minimum Gasteiger partial charge on any atom is -0.489 e. The number of hydrogen-bond donors (Lipinski definition) is 1. The number of benzene rings is 3. The molecule has 1 aliphatic rings. The van der Waals surface area contributed by atoms with Crippen molar-refractivity contribution in [1.82, 2.24) is 10.2 Å². The number of amides is 1. The van der Waals surface area contributed by atoms with E-state index in [0.29, 0.717) is 24.6 Å². The molecule has 1 fully saturated rings. The molecule has 0 aromatic heterocycles. The van der Waals surface area contributed by atoms with Crippen molar-refractivity contribution in [3.05, 3.63) is 95.6 Å². The summed E-state index contributed by atoms with van der Waals surface area (Å²) in [6, 6.07) is 24.5. The van der Waals surface area contributed by atoms with Crippen molar-refractivity contribution in [3.8, 4) is 5.75 Å². The fraction of sp³-hybridized carbons (Fsp3) is 0.321. The molecule has 8 nitrogen and oxygen atoms in total. The number of carbonyl (C=O) groups excluding carboxylic acids is 1.